The maximum Gasteiger partial charge on any atom is 0.167 e. The van der Waals surface area contributed by atoms with E-state index < -0.39 is 0 Å². The van der Waals surface area contributed by atoms with Gasteiger partial charge >= 0.3 is 0 Å². The van der Waals surface area contributed by atoms with Gasteiger partial charge in [0.15, 0.2) is 5.78 Å². The molecule has 0 fully saturated rings. The van der Waals surface area contributed by atoms with Gasteiger partial charge in [-0.15, -0.1) is 0 Å². The fourth-order valence-corrected chi connectivity index (χ4v) is 3.52. The van der Waals surface area contributed by atoms with Crippen LogP contribution in [0.2, 0.25) is 0 Å². The summed E-state index contributed by atoms with van der Waals surface area (Å²) in [7, 11) is 0. The number of allylic oxidation sites excluding steroid dienone is 2. The van der Waals surface area contributed by atoms with Crippen LogP contribution in [-0.4, -0.2) is 10.9 Å². The van der Waals surface area contributed by atoms with Crippen molar-refractivity contribution in [3.05, 3.63) is 40.1 Å². The Morgan fingerprint density at radius 2 is 1.76 bits per heavy atom. The molecule has 1 aromatic carbocycles. The molecular weight excluding hydrogens is 260 g/mol. The second-order valence-corrected chi connectivity index (χ2v) is 6.57. The molecule has 0 spiro atoms. The van der Waals surface area contributed by atoms with Crippen molar-refractivity contribution in [2.45, 2.75) is 53.9 Å². The Hall–Kier alpha value is -1.57. The van der Waals surface area contributed by atoms with Crippen LogP contribution in [-0.2, 0) is 4.79 Å². The quantitative estimate of drug-likeness (QED) is 0.857. The molecule has 114 valence electrons. The molecule has 2 nitrogen and oxygen atoms in total. The molecular formula is C19H26O2. The Morgan fingerprint density at radius 1 is 1.19 bits per heavy atom. The van der Waals surface area contributed by atoms with E-state index >= 15 is 0 Å². The fraction of sp³-hybridized carbons (Fsp3) is 0.526. The van der Waals surface area contributed by atoms with Gasteiger partial charge in [0.05, 0.1) is 5.57 Å². The molecule has 2 atom stereocenters. The summed E-state index contributed by atoms with van der Waals surface area (Å²) in [6.45, 7) is 10.4. The van der Waals surface area contributed by atoms with Crippen LogP contribution in [0, 0.1) is 32.6 Å². The lowest BCUT2D eigenvalue weighted by Gasteiger charge is -2.28. The first kappa shape index (κ1) is 15.8. The standard InChI is InChI=1S/C19H26O2/c1-6-12(3)15-9-16(20)19(17(21)10-15)18-13(4)7-11(2)8-14(18)5/h7-8,12,15,20H,6,9-10H2,1-5H3. The molecule has 2 rings (SSSR count). The molecule has 21 heavy (non-hydrogen) atoms. The maximum absolute atomic E-state index is 12.6. The molecule has 0 amide bonds. The van der Waals surface area contributed by atoms with E-state index in [0.29, 0.717) is 24.3 Å². The summed E-state index contributed by atoms with van der Waals surface area (Å²) in [5.41, 5.74) is 4.83. The number of ketones is 1. The van der Waals surface area contributed by atoms with Crippen molar-refractivity contribution >= 4 is 11.4 Å². The second kappa shape index (κ2) is 6.05. The molecule has 0 radical (unpaired) electrons. The highest BCUT2D eigenvalue weighted by Gasteiger charge is 2.32. The number of carbonyl (C=O) groups is 1. The first-order valence-electron chi connectivity index (χ1n) is 7.88. The number of hydrogen-bond donors (Lipinski definition) is 1. The maximum atomic E-state index is 12.6. The summed E-state index contributed by atoms with van der Waals surface area (Å²) in [5, 5.41) is 10.5. The number of benzene rings is 1. The molecule has 0 aliphatic heterocycles. The van der Waals surface area contributed by atoms with Crippen LogP contribution in [0.25, 0.3) is 5.57 Å². The topological polar surface area (TPSA) is 37.3 Å². The molecule has 0 saturated heterocycles. The zero-order chi connectivity index (χ0) is 15.7. The Labute approximate surface area is 127 Å². The van der Waals surface area contributed by atoms with Crippen molar-refractivity contribution in [2.24, 2.45) is 11.8 Å². The van der Waals surface area contributed by atoms with Gasteiger partial charge in [-0.05, 0) is 49.3 Å². The molecule has 0 heterocycles. The smallest absolute Gasteiger partial charge is 0.167 e. The van der Waals surface area contributed by atoms with E-state index in [1.54, 1.807) is 0 Å². The van der Waals surface area contributed by atoms with Gasteiger partial charge in [0, 0.05) is 12.8 Å². The van der Waals surface area contributed by atoms with Crippen LogP contribution in [0.3, 0.4) is 0 Å². The van der Waals surface area contributed by atoms with Gasteiger partial charge in [0.1, 0.15) is 5.76 Å². The van der Waals surface area contributed by atoms with E-state index in [0.717, 1.165) is 23.1 Å². The van der Waals surface area contributed by atoms with Gasteiger partial charge < -0.3 is 5.11 Å². The van der Waals surface area contributed by atoms with Gasteiger partial charge in [0.2, 0.25) is 0 Å². The van der Waals surface area contributed by atoms with E-state index in [1.807, 2.05) is 13.8 Å². The summed E-state index contributed by atoms with van der Waals surface area (Å²) < 4.78 is 0. The largest absolute Gasteiger partial charge is 0.512 e. The third kappa shape index (κ3) is 3.04. The number of hydrogen-bond acceptors (Lipinski definition) is 2. The van der Waals surface area contributed by atoms with Gasteiger partial charge in [-0.1, -0.05) is 38.0 Å². The number of aryl methyl sites for hydroxylation is 3. The van der Waals surface area contributed by atoms with Crippen molar-refractivity contribution in [1.82, 2.24) is 0 Å². The number of aliphatic hydroxyl groups is 1. The Bertz CT molecular complexity index is 573. The van der Waals surface area contributed by atoms with Gasteiger partial charge in [-0.2, -0.15) is 0 Å². The summed E-state index contributed by atoms with van der Waals surface area (Å²) in [4.78, 5) is 12.6. The summed E-state index contributed by atoms with van der Waals surface area (Å²) in [6.07, 6.45) is 2.23. The molecule has 0 aromatic heterocycles. The van der Waals surface area contributed by atoms with Crippen LogP contribution in [0.5, 0.6) is 0 Å². The van der Waals surface area contributed by atoms with E-state index in [2.05, 4.69) is 32.9 Å². The van der Waals surface area contributed by atoms with Crippen molar-refractivity contribution < 1.29 is 9.90 Å². The lowest BCUT2D eigenvalue weighted by molar-refractivity contribution is -0.115. The minimum Gasteiger partial charge on any atom is -0.512 e. The van der Waals surface area contributed by atoms with E-state index in [1.165, 1.54) is 5.56 Å². The van der Waals surface area contributed by atoms with Crippen molar-refractivity contribution in [3.8, 4) is 0 Å². The fourth-order valence-electron chi connectivity index (χ4n) is 3.52. The minimum absolute atomic E-state index is 0.0964. The predicted molar refractivity (Wildman–Crippen MR) is 87.4 cm³/mol. The van der Waals surface area contributed by atoms with Gasteiger partial charge in [-0.25, -0.2) is 0 Å². The Kier molecular flexibility index (Phi) is 4.55. The second-order valence-electron chi connectivity index (χ2n) is 6.57. The SMILES string of the molecule is CCC(C)C1CC(=O)C(c2c(C)cc(C)cc2C)=C(O)C1. The Balaban J connectivity index is 2.47. The number of aliphatic hydroxyl groups excluding tert-OH is 1. The zero-order valence-electron chi connectivity index (χ0n) is 13.8. The molecule has 1 N–H and O–H groups in total. The normalized spacial score (nSPS) is 20.8. The van der Waals surface area contributed by atoms with Crippen LogP contribution in [0.4, 0.5) is 0 Å². The average Bonchev–Trinajstić information content (AvgIpc) is 2.39. The summed E-state index contributed by atoms with van der Waals surface area (Å²) in [5.74, 6) is 1.13. The molecule has 2 heteroatoms. The minimum atomic E-state index is 0.0964. The lowest BCUT2D eigenvalue weighted by Crippen LogP contribution is -2.24. The van der Waals surface area contributed by atoms with Gasteiger partial charge in [-0.3, -0.25) is 4.79 Å². The first-order valence-corrected chi connectivity index (χ1v) is 7.88. The molecule has 1 aromatic rings. The predicted octanol–water partition coefficient (Wildman–Crippen LogP) is 4.91. The monoisotopic (exact) mass is 286 g/mol. The molecule has 1 aliphatic carbocycles. The summed E-state index contributed by atoms with van der Waals surface area (Å²) in [6, 6.07) is 4.16. The molecule has 1 aliphatic rings. The van der Waals surface area contributed by atoms with Crippen LogP contribution < -0.4 is 0 Å². The molecule has 0 saturated carbocycles. The molecule has 0 bridgehead atoms. The Morgan fingerprint density at radius 3 is 2.24 bits per heavy atom. The number of carbonyl (C=O) groups excluding carboxylic acids is 1. The summed E-state index contributed by atoms with van der Waals surface area (Å²) >= 11 is 0. The van der Waals surface area contributed by atoms with E-state index in [9.17, 15) is 9.90 Å². The van der Waals surface area contributed by atoms with Crippen molar-refractivity contribution in [2.75, 3.05) is 0 Å². The number of Topliss-reactive ketones (excluding diaryl/α,β-unsaturated/α-hetero) is 1. The van der Waals surface area contributed by atoms with Gasteiger partial charge in [0.25, 0.3) is 0 Å². The zero-order valence-corrected chi connectivity index (χ0v) is 13.8. The third-order valence-electron chi connectivity index (χ3n) is 4.85. The highest BCUT2D eigenvalue weighted by atomic mass is 16.3. The third-order valence-corrected chi connectivity index (χ3v) is 4.85. The van der Waals surface area contributed by atoms with Crippen LogP contribution >= 0.6 is 0 Å². The lowest BCUT2D eigenvalue weighted by atomic mass is 9.76. The highest BCUT2D eigenvalue weighted by Crippen LogP contribution is 2.38. The molecule has 2 unspecified atom stereocenters. The van der Waals surface area contributed by atoms with E-state index in [-0.39, 0.29) is 17.5 Å². The number of rotatable bonds is 3. The van der Waals surface area contributed by atoms with Crippen molar-refractivity contribution in [3.63, 3.8) is 0 Å². The van der Waals surface area contributed by atoms with E-state index in [4.69, 9.17) is 0 Å². The highest BCUT2D eigenvalue weighted by molar-refractivity contribution is 6.22. The van der Waals surface area contributed by atoms with Crippen molar-refractivity contribution in [1.29, 1.82) is 0 Å². The van der Waals surface area contributed by atoms with Crippen LogP contribution in [0.15, 0.2) is 17.9 Å². The average molecular weight is 286 g/mol. The van der Waals surface area contributed by atoms with Crippen LogP contribution in [0.1, 0.15) is 55.4 Å². The first-order chi connectivity index (χ1) is 9.85.